The molecule has 0 aromatic carbocycles. The van der Waals surface area contributed by atoms with E-state index in [1.165, 1.54) is 6.26 Å². The molecule has 0 fully saturated rings. The molecule has 20 heavy (non-hydrogen) atoms. The topological polar surface area (TPSA) is 64.8 Å². The zero-order valence-corrected chi connectivity index (χ0v) is 13.5. The molecule has 0 saturated heterocycles. The Morgan fingerprint density at radius 2 is 2.05 bits per heavy atom. The van der Waals surface area contributed by atoms with Gasteiger partial charge in [-0.05, 0) is 32.4 Å². The van der Waals surface area contributed by atoms with E-state index >= 15 is 0 Å². The van der Waals surface area contributed by atoms with Gasteiger partial charge in [0.05, 0.1) is 11.1 Å². The summed E-state index contributed by atoms with van der Waals surface area (Å²) < 4.78 is 24.9. The third-order valence-electron chi connectivity index (χ3n) is 3.03. The lowest BCUT2D eigenvalue weighted by Crippen LogP contribution is -2.19. The molecule has 0 aliphatic carbocycles. The number of rotatable bonds is 4. The van der Waals surface area contributed by atoms with Gasteiger partial charge in [-0.2, -0.15) is 0 Å². The first kappa shape index (κ1) is 15.3. The van der Waals surface area contributed by atoms with Crippen molar-refractivity contribution in [2.24, 2.45) is 0 Å². The number of aromatic nitrogens is 3. The maximum Gasteiger partial charge on any atom is 0.160 e. The van der Waals surface area contributed by atoms with E-state index in [2.05, 4.69) is 9.97 Å². The average molecular weight is 316 g/mol. The second-order valence-electron chi connectivity index (χ2n) is 5.25. The molecule has 0 saturated carbocycles. The Bertz CT molecular complexity index is 737. The highest BCUT2D eigenvalue weighted by atomic mass is 35.5. The van der Waals surface area contributed by atoms with Crippen molar-refractivity contribution in [2.75, 3.05) is 12.0 Å². The summed E-state index contributed by atoms with van der Waals surface area (Å²) in [5.41, 5.74) is 2.42. The Hall–Kier alpha value is -1.14. The lowest BCUT2D eigenvalue weighted by Gasteiger charge is -2.17. The van der Waals surface area contributed by atoms with Gasteiger partial charge in [0, 0.05) is 18.5 Å². The number of hydrogen-bond acceptors (Lipinski definition) is 4. The van der Waals surface area contributed by atoms with E-state index < -0.39 is 9.84 Å². The molecule has 2 aromatic rings. The smallest absolute Gasteiger partial charge is 0.160 e. The molecule has 2 heterocycles. The minimum Gasteiger partial charge on any atom is -0.308 e. The van der Waals surface area contributed by atoms with Crippen LogP contribution in [0.15, 0.2) is 12.3 Å². The average Bonchev–Trinajstić information content (AvgIpc) is 2.64. The molecule has 0 N–H and O–H groups in total. The molecule has 0 aliphatic rings. The molecular weight excluding hydrogens is 298 g/mol. The minimum atomic E-state index is -3.09. The first-order valence-electron chi connectivity index (χ1n) is 6.35. The van der Waals surface area contributed by atoms with Crippen molar-refractivity contribution in [3.63, 3.8) is 0 Å². The third-order valence-corrected chi connectivity index (χ3v) is 4.32. The van der Waals surface area contributed by atoms with Crippen LogP contribution in [0.2, 0.25) is 0 Å². The molecule has 5 nitrogen and oxygen atoms in total. The summed E-state index contributed by atoms with van der Waals surface area (Å²) in [6, 6.07) is 1.66. The van der Waals surface area contributed by atoms with E-state index in [0.29, 0.717) is 11.5 Å². The van der Waals surface area contributed by atoms with Crippen LogP contribution >= 0.6 is 11.6 Å². The lowest BCUT2D eigenvalue weighted by atomic mass is 10.3. The van der Waals surface area contributed by atoms with E-state index in [0.717, 1.165) is 11.1 Å². The number of aryl methyl sites for hydroxylation is 1. The molecule has 0 amide bonds. The van der Waals surface area contributed by atoms with Gasteiger partial charge in [-0.3, -0.25) is 0 Å². The van der Waals surface area contributed by atoms with Gasteiger partial charge in [-0.1, -0.05) is 0 Å². The van der Waals surface area contributed by atoms with Gasteiger partial charge in [0.1, 0.15) is 21.2 Å². The predicted molar refractivity (Wildman–Crippen MR) is 81.0 cm³/mol. The standard InChI is InChI=1S/C13H18ClN3O2S/c1-8-5-11-13(15-6-8)17(12(16-11)10(3)14)9(2)7-20(4,18)19/h5-6,9-10H,7H2,1-4H3. The van der Waals surface area contributed by atoms with E-state index in [4.69, 9.17) is 11.6 Å². The summed E-state index contributed by atoms with van der Waals surface area (Å²) in [5, 5.41) is -0.313. The van der Waals surface area contributed by atoms with Crippen molar-refractivity contribution in [3.05, 3.63) is 23.7 Å². The Morgan fingerprint density at radius 1 is 1.40 bits per heavy atom. The molecule has 2 rings (SSSR count). The van der Waals surface area contributed by atoms with Crippen molar-refractivity contribution in [2.45, 2.75) is 32.2 Å². The van der Waals surface area contributed by atoms with Crippen LogP contribution in [0.1, 0.15) is 36.7 Å². The highest BCUT2D eigenvalue weighted by Gasteiger charge is 2.22. The number of hydrogen-bond donors (Lipinski definition) is 0. The second kappa shape index (κ2) is 5.33. The summed E-state index contributed by atoms with van der Waals surface area (Å²) in [4.78, 5) is 8.88. The molecule has 110 valence electrons. The quantitative estimate of drug-likeness (QED) is 0.814. The van der Waals surface area contributed by atoms with Crippen LogP contribution in [0.25, 0.3) is 11.2 Å². The highest BCUT2D eigenvalue weighted by Crippen LogP contribution is 2.27. The minimum absolute atomic E-state index is 0.0324. The van der Waals surface area contributed by atoms with Crippen molar-refractivity contribution >= 4 is 32.6 Å². The Balaban J connectivity index is 2.62. The van der Waals surface area contributed by atoms with Crippen molar-refractivity contribution in [1.82, 2.24) is 14.5 Å². The van der Waals surface area contributed by atoms with Crippen LogP contribution in [-0.4, -0.2) is 35.0 Å². The van der Waals surface area contributed by atoms with Crippen LogP contribution in [0.3, 0.4) is 0 Å². The molecule has 0 aliphatic heterocycles. The third kappa shape index (κ3) is 3.12. The monoisotopic (exact) mass is 315 g/mol. The fourth-order valence-corrected chi connectivity index (χ4v) is 3.51. The highest BCUT2D eigenvalue weighted by molar-refractivity contribution is 7.90. The van der Waals surface area contributed by atoms with Gasteiger partial charge in [0.15, 0.2) is 5.65 Å². The van der Waals surface area contributed by atoms with E-state index in [-0.39, 0.29) is 17.2 Å². The van der Waals surface area contributed by atoms with Gasteiger partial charge in [0.2, 0.25) is 0 Å². The van der Waals surface area contributed by atoms with Crippen LogP contribution in [0.5, 0.6) is 0 Å². The summed E-state index contributed by atoms with van der Waals surface area (Å²) >= 11 is 6.17. The lowest BCUT2D eigenvalue weighted by molar-refractivity contribution is 0.553. The fraction of sp³-hybridized carbons (Fsp3) is 0.538. The summed E-state index contributed by atoms with van der Waals surface area (Å²) in [7, 11) is -3.09. The van der Waals surface area contributed by atoms with E-state index in [9.17, 15) is 8.42 Å². The number of nitrogens with zero attached hydrogens (tertiary/aromatic N) is 3. The Kier molecular flexibility index (Phi) is 4.07. The number of fused-ring (bicyclic) bond motifs is 1. The number of imidazole rings is 1. The molecule has 0 radical (unpaired) electrons. The first-order valence-corrected chi connectivity index (χ1v) is 8.85. The normalized spacial score (nSPS) is 15.4. The summed E-state index contributed by atoms with van der Waals surface area (Å²) in [5.74, 6) is 0.681. The van der Waals surface area contributed by atoms with Gasteiger partial charge in [-0.15, -0.1) is 11.6 Å². The molecule has 2 aromatic heterocycles. The molecular formula is C13H18ClN3O2S. The largest absolute Gasteiger partial charge is 0.308 e. The number of halogens is 1. The molecule has 0 spiro atoms. The Labute approximate surface area is 123 Å². The second-order valence-corrected chi connectivity index (χ2v) is 8.09. The summed E-state index contributed by atoms with van der Waals surface area (Å²) in [6.45, 7) is 5.60. The van der Waals surface area contributed by atoms with E-state index in [1.54, 1.807) is 6.20 Å². The SMILES string of the molecule is Cc1cnc2c(c1)nc(C(C)Cl)n2C(C)CS(C)(=O)=O. The van der Waals surface area contributed by atoms with Gasteiger partial charge < -0.3 is 4.57 Å². The number of pyridine rings is 1. The zero-order chi connectivity index (χ0) is 15.1. The summed E-state index contributed by atoms with van der Waals surface area (Å²) in [6.07, 6.45) is 2.97. The molecule has 2 unspecified atom stereocenters. The van der Waals surface area contributed by atoms with Crippen LogP contribution < -0.4 is 0 Å². The Morgan fingerprint density at radius 3 is 2.60 bits per heavy atom. The predicted octanol–water partition coefficient (Wildman–Crippen LogP) is 2.65. The van der Waals surface area contributed by atoms with Gasteiger partial charge in [-0.25, -0.2) is 18.4 Å². The van der Waals surface area contributed by atoms with Crippen LogP contribution in [0.4, 0.5) is 0 Å². The maximum absolute atomic E-state index is 11.5. The van der Waals surface area contributed by atoms with Crippen LogP contribution in [-0.2, 0) is 9.84 Å². The first-order chi connectivity index (χ1) is 9.19. The number of sulfone groups is 1. The zero-order valence-electron chi connectivity index (χ0n) is 12.0. The fourth-order valence-electron chi connectivity index (χ4n) is 2.33. The van der Waals surface area contributed by atoms with Crippen molar-refractivity contribution in [3.8, 4) is 0 Å². The van der Waals surface area contributed by atoms with Crippen molar-refractivity contribution < 1.29 is 8.42 Å². The van der Waals surface area contributed by atoms with Gasteiger partial charge in [0.25, 0.3) is 0 Å². The molecule has 2 atom stereocenters. The van der Waals surface area contributed by atoms with Gasteiger partial charge >= 0.3 is 0 Å². The van der Waals surface area contributed by atoms with Crippen LogP contribution in [0, 0.1) is 6.92 Å². The van der Waals surface area contributed by atoms with E-state index in [1.807, 2.05) is 31.4 Å². The van der Waals surface area contributed by atoms with Crippen molar-refractivity contribution in [1.29, 1.82) is 0 Å². The molecule has 0 bridgehead atoms. The maximum atomic E-state index is 11.5. The number of alkyl halides is 1. The molecule has 7 heteroatoms.